The molecule has 102 valence electrons. The third-order valence-electron chi connectivity index (χ3n) is 2.81. The Balaban J connectivity index is 2.35. The maximum absolute atomic E-state index is 8.81. The lowest BCUT2D eigenvalue weighted by Gasteiger charge is -2.20. The van der Waals surface area contributed by atoms with Gasteiger partial charge in [-0.2, -0.15) is 0 Å². The monoisotopic (exact) mass is 253 g/mol. The summed E-state index contributed by atoms with van der Waals surface area (Å²) in [6.07, 6.45) is 0.808. The van der Waals surface area contributed by atoms with Gasteiger partial charge in [-0.25, -0.2) is 0 Å². The van der Waals surface area contributed by atoms with E-state index in [1.807, 2.05) is 24.3 Å². The second kappa shape index (κ2) is 8.78. The summed E-state index contributed by atoms with van der Waals surface area (Å²) >= 11 is 0. The molecule has 0 atom stereocenters. The molecule has 0 unspecified atom stereocenters. The van der Waals surface area contributed by atoms with Crippen molar-refractivity contribution in [3.63, 3.8) is 0 Å². The van der Waals surface area contributed by atoms with Gasteiger partial charge in [0, 0.05) is 19.7 Å². The third kappa shape index (κ3) is 4.94. The predicted molar refractivity (Wildman–Crippen MR) is 72.3 cm³/mol. The molecule has 18 heavy (non-hydrogen) atoms. The van der Waals surface area contributed by atoms with Crippen molar-refractivity contribution in [2.75, 3.05) is 40.0 Å². The average Bonchev–Trinajstić information content (AvgIpc) is 2.43. The fraction of sp³-hybridized carbons (Fsp3) is 0.571. The van der Waals surface area contributed by atoms with Crippen molar-refractivity contribution >= 4 is 0 Å². The van der Waals surface area contributed by atoms with Crippen molar-refractivity contribution in [3.8, 4) is 11.5 Å². The van der Waals surface area contributed by atoms with Gasteiger partial charge in [0.05, 0.1) is 7.11 Å². The van der Waals surface area contributed by atoms with Gasteiger partial charge in [-0.3, -0.25) is 0 Å². The van der Waals surface area contributed by atoms with E-state index in [4.69, 9.17) is 14.6 Å². The van der Waals surface area contributed by atoms with E-state index < -0.39 is 0 Å². The number of likely N-dealkylation sites (N-methyl/N-ethyl adjacent to an activating group) is 1. The standard InChI is InChI=1S/C14H23NO3/c1-3-15(9-6-11-16)10-12-18-14-8-5-4-7-13(14)17-2/h4-5,7-8,16H,3,6,9-12H2,1-2H3. The Morgan fingerprint density at radius 1 is 1.17 bits per heavy atom. The van der Waals surface area contributed by atoms with Crippen molar-refractivity contribution in [3.05, 3.63) is 24.3 Å². The second-order valence-electron chi connectivity index (χ2n) is 4.01. The molecule has 0 radical (unpaired) electrons. The van der Waals surface area contributed by atoms with Gasteiger partial charge >= 0.3 is 0 Å². The molecule has 4 heteroatoms. The molecular formula is C14H23NO3. The van der Waals surface area contributed by atoms with Crippen LogP contribution in [0.5, 0.6) is 11.5 Å². The Morgan fingerprint density at radius 2 is 1.89 bits per heavy atom. The van der Waals surface area contributed by atoms with E-state index in [0.29, 0.717) is 6.61 Å². The fourth-order valence-electron chi connectivity index (χ4n) is 1.75. The molecule has 1 N–H and O–H groups in total. The van der Waals surface area contributed by atoms with Crippen molar-refractivity contribution in [1.29, 1.82) is 0 Å². The zero-order chi connectivity index (χ0) is 13.2. The van der Waals surface area contributed by atoms with Crippen molar-refractivity contribution < 1.29 is 14.6 Å². The van der Waals surface area contributed by atoms with Crippen molar-refractivity contribution in [2.45, 2.75) is 13.3 Å². The van der Waals surface area contributed by atoms with Gasteiger partial charge in [0.2, 0.25) is 0 Å². The number of benzene rings is 1. The molecule has 4 nitrogen and oxygen atoms in total. The smallest absolute Gasteiger partial charge is 0.161 e. The molecule has 1 aromatic carbocycles. The largest absolute Gasteiger partial charge is 0.493 e. The molecule has 0 aromatic heterocycles. The van der Waals surface area contributed by atoms with Crippen molar-refractivity contribution in [2.24, 2.45) is 0 Å². The summed E-state index contributed by atoms with van der Waals surface area (Å²) in [5.74, 6) is 1.54. The molecule has 0 heterocycles. The fourth-order valence-corrected chi connectivity index (χ4v) is 1.75. The van der Waals surface area contributed by atoms with Crippen molar-refractivity contribution in [1.82, 2.24) is 4.90 Å². The zero-order valence-corrected chi connectivity index (χ0v) is 11.3. The number of rotatable bonds is 9. The van der Waals surface area contributed by atoms with Crippen LogP contribution in [0.4, 0.5) is 0 Å². The summed E-state index contributed by atoms with van der Waals surface area (Å²) < 4.78 is 10.9. The van der Waals surface area contributed by atoms with E-state index in [9.17, 15) is 0 Å². The molecule has 1 rings (SSSR count). The van der Waals surface area contributed by atoms with Crippen LogP contribution in [0.15, 0.2) is 24.3 Å². The highest BCUT2D eigenvalue weighted by molar-refractivity contribution is 5.39. The normalized spacial score (nSPS) is 10.7. The topological polar surface area (TPSA) is 41.9 Å². The summed E-state index contributed by atoms with van der Waals surface area (Å²) in [6.45, 7) is 5.70. The summed E-state index contributed by atoms with van der Waals surface area (Å²) in [4.78, 5) is 2.26. The van der Waals surface area contributed by atoms with E-state index in [-0.39, 0.29) is 6.61 Å². The Morgan fingerprint density at radius 3 is 2.50 bits per heavy atom. The van der Waals surface area contributed by atoms with Crippen LogP contribution in [0.2, 0.25) is 0 Å². The van der Waals surface area contributed by atoms with E-state index in [1.165, 1.54) is 0 Å². The number of nitrogens with zero attached hydrogens (tertiary/aromatic N) is 1. The van der Waals surface area contributed by atoms with Gasteiger partial charge in [0.15, 0.2) is 11.5 Å². The van der Waals surface area contributed by atoms with Crippen LogP contribution in [0.25, 0.3) is 0 Å². The minimum atomic E-state index is 0.240. The molecule has 0 aliphatic rings. The first-order valence-electron chi connectivity index (χ1n) is 6.40. The molecule has 1 aromatic rings. The Labute approximate surface area is 109 Å². The molecule has 0 bridgehead atoms. The first-order chi connectivity index (χ1) is 8.81. The number of aliphatic hydroxyl groups is 1. The minimum absolute atomic E-state index is 0.240. The molecule has 0 spiro atoms. The maximum atomic E-state index is 8.81. The number of para-hydroxylation sites is 2. The van der Waals surface area contributed by atoms with Gasteiger partial charge in [0.1, 0.15) is 6.61 Å². The quantitative estimate of drug-likeness (QED) is 0.728. The number of hydrogen-bond donors (Lipinski definition) is 1. The minimum Gasteiger partial charge on any atom is -0.493 e. The van der Waals surface area contributed by atoms with E-state index in [2.05, 4.69) is 11.8 Å². The number of hydrogen-bond acceptors (Lipinski definition) is 4. The first-order valence-corrected chi connectivity index (χ1v) is 6.40. The maximum Gasteiger partial charge on any atom is 0.161 e. The zero-order valence-electron chi connectivity index (χ0n) is 11.3. The number of methoxy groups -OCH3 is 1. The van der Waals surface area contributed by atoms with Crippen LogP contribution < -0.4 is 9.47 Å². The lowest BCUT2D eigenvalue weighted by Crippen LogP contribution is -2.29. The highest BCUT2D eigenvalue weighted by Gasteiger charge is 2.05. The van der Waals surface area contributed by atoms with Gasteiger partial charge in [-0.05, 0) is 25.1 Å². The first kappa shape index (κ1) is 14.8. The van der Waals surface area contributed by atoms with Gasteiger partial charge < -0.3 is 19.5 Å². The van der Waals surface area contributed by atoms with Crippen LogP contribution in [-0.4, -0.2) is 50.0 Å². The summed E-state index contributed by atoms with van der Waals surface area (Å²) in [5, 5.41) is 8.81. The van der Waals surface area contributed by atoms with E-state index in [0.717, 1.165) is 37.6 Å². The molecule has 0 aliphatic carbocycles. The highest BCUT2D eigenvalue weighted by Crippen LogP contribution is 2.25. The van der Waals surface area contributed by atoms with E-state index in [1.54, 1.807) is 7.11 Å². The van der Waals surface area contributed by atoms with Gasteiger partial charge in [0.25, 0.3) is 0 Å². The second-order valence-corrected chi connectivity index (χ2v) is 4.01. The van der Waals surface area contributed by atoms with Gasteiger partial charge in [-0.15, -0.1) is 0 Å². The molecule has 0 aliphatic heterocycles. The van der Waals surface area contributed by atoms with Crippen LogP contribution in [0, 0.1) is 0 Å². The SMILES string of the molecule is CCN(CCCO)CCOc1ccccc1OC. The Bertz CT molecular complexity index is 331. The Hall–Kier alpha value is -1.26. The number of ether oxygens (including phenoxy) is 2. The summed E-state index contributed by atoms with van der Waals surface area (Å²) in [6, 6.07) is 7.65. The average molecular weight is 253 g/mol. The lowest BCUT2D eigenvalue weighted by atomic mass is 10.3. The van der Waals surface area contributed by atoms with E-state index >= 15 is 0 Å². The predicted octanol–water partition coefficient (Wildman–Crippen LogP) is 1.78. The molecule has 0 saturated heterocycles. The molecule has 0 amide bonds. The van der Waals surface area contributed by atoms with Crippen LogP contribution in [0.1, 0.15) is 13.3 Å². The summed E-state index contributed by atoms with van der Waals surface area (Å²) in [5.41, 5.74) is 0. The van der Waals surface area contributed by atoms with Crippen LogP contribution >= 0.6 is 0 Å². The lowest BCUT2D eigenvalue weighted by molar-refractivity contribution is 0.192. The highest BCUT2D eigenvalue weighted by atomic mass is 16.5. The Kier molecular flexibility index (Phi) is 7.22. The molecule has 0 fully saturated rings. The molecule has 0 saturated carbocycles. The summed E-state index contributed by atoms with van der Waals surface area (Å²) in [7, 11) is 1.64. The van der Waals surface area contributed by atoms with Crippen LogP contribution in [0.3, 0.4) is 0 Å². The van der Waals surface area contributed by atoms with Gasteiger partial charge in [-0.1, -0.05) is 19.1 Å². The number of aliphatic hydroxyl groups excluding tert-OH is 1. The van der Waals surface area contributed by atoms with Crippen LogP contribution in [-0.2, 0) is 0 Å². The third-order valence-corrected chi connectivity index (χ3v) is 2.81. The molecular weight excluding hydrogens is 230 g/mol.